The van der Waals surface area contributed by atoms with Crippen molar-refractivity contribution in [1.82, 2.24) is 14.8 Å². The first-order chi connectivity index (χ1) is 11.6. The molecule has 24 heavy (non-hydrogen) atoms. The molecule has 3 aromatic rings. The number of nitrogens with two attached hydrogens (primary N) is 1. The van der Waals surface area contributed by atoms with Gasteiger partial charge in [-0.2, -0.15) is 5.10 Å². The molecule has 0 fully saturated rings. The van der Waals surface area contributed by atoms with Crippen molar-refractivity contribution < 1.29 is 4.79 Å². The molecule has 2 N–H and O–H groups in total. The van der Waals surface area contributed by atoms with Crippen LogP contribution in [0.3, 0.4) is 0 Å². The number of aromatic nitrogens is 3. The third-order valence-corrected chi connectivity index (χ3v) is 4.60. The molecule has 1 amide bonds. The van der Waals surface area contributed by atoms with Gasteiger partial charge in [0.15, 0.2) is 5.65 Å². The minimum absolute atomic E-state index is 0.0231. The molecule has 1 aliphatic heterocycles. The smallest absolute Gasteiger partial charge is 0.259 e. The normalized spacial score (nSPS) is 14.0. The number of carbonyl (C=O) groups excluding carboxylic acids is 1. The van der Waals surface area contributed by atoms with Crippen molar-refractivity contribution in [3.63, 3.8) is 0 Å². The maximum atomic E-state index is 13.3. The van der Waals surface area contributed by atoms with E-state index in [0.717, 1.165) is 46.5 Å². The second kappa shape index (κ2) is 5.33. The molecule has 1 aromatic carbocycles. The highest BCUT2D eigenvalue weighted by Crippen LogP contribution is 2.33. The van der Waals surface area contributed by atoms with E-state index in [2.05, 4.69) is 10.1 Å². The van der Waals surface area contributed by atoms with Gasteiger partial charge in [0.05, 0.1) is 17.1 Å². The molecule has 0 atom stereocenters. The number of amides is 1. The zero-order chi connectivity index (χ0) is 16.8. The predicted molar refractivity (Wildman–Crippen MR) is 94.1 cm³/mol. The van der Waals surface area contributed by atoms with Crippen LogP contribution in [-0.4, -0.2) is 27.2 Å². The van der Waals surface area contributed by atoms with Crippen LogP contribution >= 0.6 is 0 Å². The van der Waals surface area contributed by atoms with Crippen molar-refractivity contribution in [2.45, 2.75) is 19.8 Å². The number of fused-ring (bicyclic) bond motifs is 2. The van der Waals surface area contributed by atoms with Crippen LogP contribution in [-0.2, 0) is 13.5 Å². The van der Waals surface area contributed by atoms with Gasteiger partial charge in [-0.15, -0.1) is 0 Å². The number of hydrogen-bond acceptors (Lipinski definition) is 4. The summed E-state index contributed by atoms with van der Waals surface area (Å²) >= 11 is 0. The van der Waals surface area contributed by atoms with Gasteiger partial charge >= 0.3 is 0 Å². The first-order valence-corrected chi connectivity index (χ1v) is 8.05. The Kier molecular flexibility index (Phi) is 3.26. The van der Waals surface area contributed by atoms with Gasteiger partial charge in [0.1, 0.15) is 0 Å². The van der Waals surface area contributed by atoms with E-state index in [-0.39, 0.29) is 5.91 Å². The summed E-state index contributed by atoms with van der Waals surface area (Å²) in [6.45, 7) is 2.59. The lowest BCUT2D eigenvalue weighted by Gasteiger charge is -2.30. The first-order valence-electron chi connectivity index (χ1n) is 8.05. The zero-order valence-corrected chi connectivity index (χ0v) is 13.8. The van der Waals surface area contributed by atoms with Crippen molar-refractivity contribution in [2.75, 3.05) is 17.2 Å². The second-order valence-electron chi connectivity index (χ2n) is 6.22. The van der Waals surface area contributed by atoms with E-state index >= 15 is 0 Å². The van der Waals surface area contributed by atoms with Crippen molar-refractivity contribution in [1.29, 1.82) is 0 Å². The van der Waals surface area contributed by atoms with Gasteiger partial charge in [-0.05, 0) is 43.5 Å². The van der Waals surface area contributed by atoms with Crippen LogP contribution < -0.4 is 10.6 Å². The van der Waals surface area contributed by atoms with E-state index in [4.69, 9.17) is 5.73 Å². The Labute approximate surface area is 139 Å². The maximum Gasteiger partial charge on any atom is 0.259 e. The van der Waals surface area contributed by atoms with Crippen molar-refractivity contribution in [2.24, 2.45) is 7.05 Å². The Bertz CT molecular complexity index is 959. The number of benzene rings is 1. The van der Waals surface area contributed by atoms with Crippen LogP contribution in [0.4, 0.5) is 11.4 Å². The van der Waals surface area contributed by atoms with Gasteiger partial charge in [0.2, 0.25) is 0 Å². The molecule has 6 heteroatoms. The topological polar surface area (TPSA) is 77.0 Å². The Morgan fingerprint density at radius 2 is 2.17 bits per heavy atom. The van der Waals surface area contributed by atoms with Crippen LogP contribution in [0.5, 0.6) is 0 Å². The number of pyridine rings is 1. The van der Waals surface area contributed by atoms with E-state index in [9.17, 15) is 4.79 Å². The molecular formula is C18H19N5O. The SMILES string of the molecule is Cc1cc(C(=O)N2CCCc3c(N)cccc32)c2cnn(C)c2n1. The maximum absolute atomic E-state index is 13.3. The summed E-state index contributed by atoms with van der Waals surface area (Å²) in [6, 6.07) is 7.60. The lowest BCUT2D eigenvalue weighted by atomic mass is 9.98. The molecule has 0 radical (unpaired) electrons. The van der Waals surface area contributed by atoms with E-state index in [1.807, 2.05) is 43.1 Å². The van der Waals surface area contributed by atoms with Crippen LogP contribution in [0.1, 0.15) is 28.0 Å². The van der Waals surface area contributed by atoms with Gasteiger partial charge < -0.3 is 10.6 Å². The largest absolute Gasteiger partial charge is 0.398 e. The molecule has 0 unspecified atom stereocenters. The number of nitrogens with zero attached hydrogens (tertiary/aromatic N) is 4. The molecular weight excluding hydrogens is 302 g/mol. The number of nitrogen functional groups attached to an aromatic ring is 1. The van der Waals surface area contributed by atoms with Crippen molar-refractivity contribution in [3.05, 3.63) is 47.3 Å². The molecule has 0 saturated heterocycles. The van der Waals surface area contributed by atoms with E-state index in [0.29, 0.717) is 12.1 Å². The molecule has 0 aliphatic carbocycles. The first kappa shape index (κ1) is 14.7. The summed E-state index contributed by atoms with van der Waals surface area (Å²) in [5.74, 6) is -0.0231. The van der Waals surface area contributed by atoms with E-state index in [1.165, 1.54) is 0 Å². The summed E-state index contributed by atoms with van der Waals surface area (Å²) in [4.78, 5) is 19.6. The highest BCUT2D eigenvalue weighted by Gasteiger charge is 2.26. The Balaban J connectivity index is 1.86. The van der Waals surface area contributed by atoms with E-state index < -0.39 is 0 Å². The Morgan fingerprint density at radius 3 is 3.00 bits per heavy atom. The highest BCUT2D eigenvalue weighted by atomic mass is 16.2. The summed E-state index contributed by atoms with van der Waals surface area (Å²) in [5.41, 5.74) is 11.0. The zero-order valence-electron chi connectivity index (χ0n) is 13.8. The summed E-state index contributed by atoms with van der Waals surface area (Å²) in [6.07, 6.45) is 3.52. The second-order valence-corrected chi connectivity index (χ2v) is 6.22. The van der Waals surface area contributed by atoms with Gasteiger partial charge in [-0.3, -0.25) is 9.48 Å². The van der Waals surface area contributed by atoms with Crippen LogP contribution in [0, 0.1) is 6.92 Å². The van der Waals surface area contributed by atoms with Gasteiger partial charge in [0.25, 0.3) is 5.91 Å². The van der Waals surface area contributed by atoms with Gasteiger partial charge in [-0.1, -0.05) is 6.07 Å². The average molecular weight is 321 g/mol. The predicted octanol–water partition coefficient (Wildman–Crippen LogP) is 2.45. The third kappa shape index (κ3) is 2.14. The Hall–Kier alpha value is -2.89. The summed E-state index contributed by atoms with van der Waals surface area (Å²) < 4.78 is 1.70. The molecule has 0 bridgehead atoms. The van der Waals surface area contributed by atoms with Crippen molar-refractivity contribution in [3.8, 4) is 0 Å². The fourth-order valence-corrected chi connectivity index (χ4v) is 3.42. The molecule has 0 saturated carbocycles. The van der Waals surface area contributed by atoms with Crippen LogP contribution in [0.2, 0.25) is 0 Å². The average Bonchev–Trinajstić information content (AvgIpc) is 2.95. The molecule has 2 aromatic heterocycles. The number of aryl methyl sites for hydroxylation is 2. The Morgan fingerprint density at radius 1 is 1.33 bits per heavy atom. The monoisotopic (exact) mass is 321 g/mol. The molecule has 4 rings (SSSR count). The fourth-order valence-electron chi connectivity index (χ4n) is 3.42. The number of rotatable bonds is 1. The fraction of sp³-hybridized carbons (Fsp3) is 0.278. The standard InChI is InChI=1S/C18H19N5O/c1-11-9-13(14-10-20-22(2)17(14)21-11)18(24)23-8-4-5-12-15(19)6-3-7-16(12)23/h3,6-7,9-10H,4-5,8,19H2,1-2H3. The minimum Gasteiger partial charge on any atom is -0.398 e. The molecule has 6 nitrogen and oxygen atoms in total. The van der Waals surface area contributed by atoms with E-state index in [1.54, 1.807) is 10.9 Å². The molecule has 0 spiro atoms. The lowest BCUT2D eigenvalue weighted by Crippen LogP contribution is -2.36. The third-order valence-electron chi connectivity index (χ3n) is 4.60. The minimum atomic E-state index is -0.0231. The van der Waals surface area contributed by atoms with Crippen LogP contribution in [0.25, 0.3) is 11.0 Å². The number of hydrogen-bond donors (Lipinski definition) is 1. The van der Waals surface area contributed by atoms with Crippen LogP contribution in [0.15, 0.2) is 30.5 Å². The molecule has 1 aliphatic rings. The molecule has 122 valence electrons. The number of carbonyl (C=O) groups is 1. The summed E-state index contributed by atoms with van der Waals surface area (Å²) in [7, 11) is 1.83. The quantitative estimate of drug-likeness (QED) is 0.698. The lowest BCUT2D eigenvalue weighted by molar-refractivity contribution is 0.0986. The number of anilines is 2. The van der Waals surface area contributed by atoms with Crippen molar-refractivity contribution >= 4 is 28.3 Å². The molecule has 3 heterocycles. The van der Waals surface area contributed by atoms with Gasteiger partial charge in [-0.25, -0.2) is 4.98 Å². The van der Waals surface area contributed by atoms with Gasteiger partial charge in [0, 0.05) is 30.7 Å². The summed E-state index contributed by atoms with van der Waals surface area (Å²) in [5, 5.41) is 5.03. The highest BCUT2D eigenvalue weighted by molar-refractivity contribution is 6.13.